The van der Waals surface area contributed by atoms with E-state index in [2.05, 4.69) is 0 Å². The summed E-state index contributed by atoms with van der Waals surface area (Å²) in [6.45, 7) is 0.0685. The first kappa shape index (κ1) is 20.7. The number of hydrogen-bond acceptors (Lipinski definition) is 8. The topological polar surface area (TPSA) is 109 Å². The third kappa shape index (κ3) is 3.24. The molecule has 9 heteroatoms. The molecule has 0 amide bonds. The standard InChI is InChI=1S/C26H17NO8/c1-31-15-7-9-17-18(11-15)27(14-5-3-2-4-6-14)25(29)21-22(28)24(26(30)35-23(17)21)34-16-8-10-19-20(12-16)33-13-32-19/h2-12,28H,13H2,1H3. The second-order valence-corrected chi connectivity index (χ2v) is 7.75. The Morgan fingerprint density at radius 3 is 2.49 bits per heavy atom. The Hall–Kier alpha value is -4.92. The molecule has 0 fully saturated rings. The number of aromatic hydroxyl groups is 1. The minimum atomic E-state index is -0.943. The maximum absolute atomic E-state index is 13.7. The molecule has 2 aromatic heterocycles. The molecule has 0 spiro atoms. The second-order valence-electron chi connectivity index (χ2n) is 7.75. The molecule has 0 saturated carbocycles. The van der Waals surface area contributed by atoms with Gasteiger partial charge in [-0.2, -0.15) is 0 Å². The van der Waals surface area contributed by atoms with Crippen LogP contribution in [0.15, 0.2) is 80.7 Å². The molecular weight excluding hydrogens is 454 g/mol. The molecule has 3 aromatic carbocycles. The van der Waals surface area contributed by atoms with Crippen LogP contribution in [0.4, 0.5) is 0 Å². The Kier molecular flexibility index (Phi) is 4.63. The lowest BCUT2D eigenvalue weighted by molar-refractivity contribution is 0.174. The lowest BCUT2D eigenvalue weighted by Gasteiger charge is -2.15. The number of methoxy groups -OCH3 is 1. The minimum Gasteiger partial charge on any atom is -0.503 e. The number of nitrogens with zero attached hydrogens (tertiary/aromatic N) is 1. The van der Waals surface area contributed by atoms with Crippen LogP contribution in [0.5, 0.6) is 34.5 Å². The summed E-state index contributed by atoms with van der Waals surface area (Å²) in [5, 5.41) is 11.4. The van der Waals surface area contributed by atoms with E-state index in [9.17, 15) is 14.7 Å². The van der Waals surface area contributed by atoms with Gasteiger partial charge in [-0.3, -0.25) is 9.36 Å². The minimum absolute atomic E-state index is 0.0552. The van der Waals surface area contributed by atoms with Crippen molar-refractivity contribution >= 4 is 21.9 Å². The van der Waals surface area contributed by atoms with E-state index < -0.39 is 22.7 Å². The molecule has 1 aliphatic heterocycles. The molecule has 3 heterocycles. The average molecular weight is 471 g/mol. The van der Waals surface area contributed by atoms with Crippen molar-refractivity contribution in [2.24, 2.45) is 0 Å². The van der Waals surface area contributed by atoms with Crippen LogP contribution in [0.25, 0.3) is 27.6 Å². The fourth-order valence-corrected chi connectivity index (χ4v) is 4.11. The van der Waals surface area contributed by atoms with Gasteiger partial charge in [0.25, 0.3) is 11.3 Å². The Bertz CT molecular complexity index is 1740. The van der Waals surface area contributed by atoms with Gasteiger partial charge >= 0.3 is 5.63 Å². The predicted molar refractivity (Wildman–Crippen MR) is 126 cm³/mol. The molecule has 1 aliphatic rings. The number of para-hydroxylation sites is 1. The summed E-state index contributed by atoms with van der Waals surface area (Å²) in [6.07, 6.45) is 0. The highest BCUT2D eigenvalue weighted by atomic mass is 16.7. The van der Waals surface area contributed by atoms with E-state index in [-0.39, 0.29) is 23.5 Å². The molecule has 6 rings (SSSR count). The van der Waals surface area contributed by atoms with Gasteiger partial charge in [0.1, 0.15) is 16.9 Å². The van der Waals surface area contributed by atoms with Crippen molar-refractivity contribution in [1.82, 2.24) is 4.57 Å². The van der Waals surface area contributed by atoms with Crippen LogP contribution in [0.3, 0.4) is 0 Å². The molecule has 9 nitrogen and oxygen atoms in total. The highest BCUT2D eigenvalue weighted by Gasteiger charge is 2.24. The lowest BCUT2D eigenvalue weighted by Crippen LogP contribution is -2.20. The van der Waals surface area contributed by atoms with Crippen molar-refractivity contribution < 1.29 is 28.5 Å². The van der Waals surface area contributed by atoms with Crippen LogP contribution in [0.2, 0.25) is 0 Å². The number of fused-ring (bicyclic) bond motifs is 4. The summed E-state index contributed by atoms with van der Waals surface area (Å²) in [5.74, 6) is 0.529. The van der Waals surface area contributed by atoms with E-state index in [1.54, 1.807) is 54.6 Å². The fraction of sp³-hybridized carbons (Fsp3) is 0.0769. The Morgan fingerprint density at radius 1 is 0.914 bits per heavy atom. The number of ether oxygens (including phenoxy) is 4. The molecular formula is C26H17NO8. The van der Waals surface area contributed by atoms with Gasteiger partial charge in [0.15, 0.2) is 22.8 Å². The van der Waals surface area contributed by atoms with Gasteiger partial charge in [-0.15, -0.1) is 0 Å². The third-order valence-corrected chi connectivity index (χ3v) is 5.74. The van der Waals surface area contributed by atoms with Gasteiger partial charge in [-0.1, -0.05) is 18.2 Å². The van der Waals surface area contributed by atoms with Crippen LogP contribution in [0, 0.1) is 0 Å². The lowest BCUT2D eigenvalue weighted by atomic mass is 10.1. The number of hydrogen-bond donors (Lipinski definition) is 1. The zero-order valence-electron chi connectivity index (χ0n) is 18.3. The summed E-state index contributed by atoms with van der Waals surface area (Å²) < 4.78 is 28.6. The normalized spacial score (nSPS) is 12.3. The van der Waals surface area contributed by atoms with E-state index >= 15 is 0 Å². The summed E-state index contributed by atoms with van der Waals surface area (Å²) in [5.41, 5.74) is -0.590. The molecule has 0 atom stereocenters. The van der Waals surface area contributed by atoms with Crippen molar-refractivity contribution in [3.63, 3.8) is 0 Å². The number of rotatable bonds is 4. The number of benzene rings is 3. The predicted octanol–water partition coefficient (Wildman–Crippen LogP) is 4.33. The number of pyridine rings is 1. The summed E-state index contributed by atoms with van der Waals surface area (Å²) in [7, 11) is 1.51. The molecule has 1 N–H and O–H groups in total. The van der Waals surface area contributed by atoms with Crippen LogP contribution >= 0.6 is 0 Å². The summed E-state index contributed by atoms with van der Waals surface area (Å²) in [4.78, 5) is 26.6. The number of aromatic nitrogens is 1. The molecule has 0 bridgehead atoms. The first-order valence-electron chi connectivity index (χ1n) is 10.6. The van der Waals surface area contributed by atoms with Gasteiger partial charge in [-0.25, -0.2) is 4.79 Å². The van der Waals surface area contributed by atoms with Crippen molar-refractivity contribution in [2.75, 3.05) is 13.9 Å². The van der Waals surface area contributed by atoms with E-state index in [1.807, 2.05) is 6.07 Å². The zero-order chi connectivity index (χ0) is 24.1. The van der Waals surface area contributed by atoms with Crippen molar-refractivity contribution in [1.29, 1.82) is 0 Å². The molecule has 0 unspecified atom stereocenters. The van der Waals surface area contributed by atoms with E-state index in [0.29, 0.717) is 33.8 Å². The highest BCUT2D eigenvalue weighted by Crippen LogP contribution is 2.40. The van der Waals surface area contributed by atoms with Crippen molar-refractivity contribution in [3.8, 4) is 40.2 Å². The second kappa shape index (κ2) is 7.84. The Morgan fingerprint density at radius 2 is 1.69 bits per heavy atom. The summed E-state index contributed by atoms with van der Waals surface area (Å²) >= 11 is 0. The maximum atomic E-state index is 13.7. The van der Waals surface area contributed by atoms with E-state index in [4.69, 9.17) is 23.4 Å². The first-order chi connectivity index (χ1) is 17.0. The van der Waals surface area contributed by atoms with Crippen LogP contribution < -0.4 is 30.1 Å². The van der Waals surface area contributed by atoms with Crippen LogP contribution in [-0.4, -0.2) is 23.6 Å². The van der Waals surface area contributed by atoms with E-state index in [0.717, 1.165) is 0 Å². The van der Waals surface area contributed by atoms with Crippen molar-refractivity contribution in [2.45, 2.75) is 0 Å². The van der Waals surface area contributed by atoms with Crippen molar-refractivity contribution in [3.05, 3.63) is 87.5 Å². The monoisotopic (exact) mass is 471 g/mol. The van der Waals surface area contributed by atoms with Gasteiger partial charge in [-0.05, 0) is 36.4 Å². The SMILES string of the molecule is COc1ccc2c3oc(=O)c(Oc4ccc5c(c4)OCO5)c(O)c3c(=O)n(-c3ccccc3)c2c1. The van der Waals surface area contributed by atoms with Gasteiger partial charge in [0.2, 0.25) is 6.79 Å². The average Bonchev–Trinajstić information content (AvgIpc) is 3.34. The van der Waals surface area contributed by atoms with Gasteiger partial charge in [0, 0.05) is 23.2 Å². The largest absolute Gasteiger partial charge is 0.503 e. The fourth-order valence-electron chi connectivity index (χ4n) is 4.11. The molecule has 0 radical (unpaired) electrons. The molecule has 0 saturated heterocycles. The maximum Gasteiger partial charge on any atom is 0.383 e. The molecule has 5 aromatic rings. The van der Waals surface area contributed by atoms with E-state index in [1.165, 1.54) is 17.7 Å². The quantitative estimate of drug-likeness (QED) is 0.386. The smallest absolute Gasteiger partial charge is 0.383 e. The Balaban J connectivity index is 1.64. The molecule has 35 heavy (non-hydrogen) atoms. The molecule has 0 aliphatic carbocycles. The third-order valence-electron chi connectivity index (χ3n) is 5.74. The van der Waals surface area contributed by atoms with Crippen LogP contribution in [-0.2, 0) is 0 Å². The Labute approximate surface area is 196 Å². The van der Waals surface area contributed by atoms with Crippen LogP contribution in [0.1, 0.15) is 0 Å². The zero-order valence-corrected chi connectivity index (χ0v) is 18.3. The first-order valence-corrected chi connectivity index (χ1v) is 10.6. The molecule has 174 valence electrons. The van der Waals surface area contributed by atoms with Gasteiger partial charge < -0.3 is 28.5 Å². The highest BCUT2D eigenvalue weighted by molar-refractivity contribution is 6.05. The summed E-state index contributed by atoms with van der Waals surface area (Å²) in [6, 6.07) is 18.6. The van der Waals surface area contributed by atoms with Gasteiger partial charge in [0.05, 0.1) is 12.6 Å².